The van der Waals surface area contributed by atoms with Gasteiger partial charge < -0.3 is 5.32 Å². The molecule has 2 bridgehead atoms. The minimum Gasteiger partial charge on any atom is -0.326 e. The second-order valence-corrected chi connectivity index (χ2v) is 8.11. The van der Waals surface area contributed by atoms with Crippen molar-refractivity contribution in [3.8, 4) is 0 Å². The predicted octanol–water partition coefficient (Wildman–Crippen LogP) is 4.52. The van der Waals surface area contributed by atoms with Crippen LogP contribution in [0.15, 0.2) is 24.3 Å². The molecule has 0 radical (unpaired) electrons. The Bertz CT molecular complexity index is 565. The Hall–Kier alpha value is -0.830. The molecule has 3 atom stereocenters. The molecular weight excluding hydrogens is 314 g/mol. The number of aryl methyl sites for hydroxylation is 1. The smallest absolute Gasteiger partial charge is 0.232 e. The molecule has 1 aromatic rings. The number of nitrogens with one attached hydrogen (secondary N) is 1. The third-order valence-electron chi connectivity index (χ3n) is 6.29. The monoisotopic (exact) mass is 335 g/mol. The second kappa shape index (κ2) is 4.09. The summed E-state index contributed by atoms with van der Waals surface area (Å²) in [6, 6.07) is 8.02. The van der Waals surface area contributed by atoms with Gasteiger partial charge in [0, 0.05) is 10.5 Å². The van der Waals surface area contributed by atoms with Crippen LogP contribution >= 0.6 is 15.9 Å². The molecule has 1 N–H and O–H groups in total. The summed E-state index contributed by atoms with van der Waals surface area (Å²) in [6.07, 6.45) is 2.10. The van der Waals surface area contributed by atoms with Gasteiger partial charge in [-0.3, -0.25) is 4.79 Å². The summed E-state index contributed by atoms with van der Waals surface area (Å²) >= 11 is 3.81. The summed E-state index contributed by atoms with van der Waals surface area (Å²) in [5.41, 5.74) is 2.11. The third-order valence-corrected chi connectivity index (χ3v) is 8.08. The molecule has 3 unspecified atom stereocenters. The van der Waals surface area contributed by atoms with E-state index in [2.05, 4.69) is 48.9 Å². The first-order valence-corrected chi connectivity index (χ1v) is 8.19. The quantitative estimate of drug-likeness (QED) is 0.790. The van der Waals surface area contributed by atoms with Gasteiger partial charge in [-0.05, 0) is 42.7 Å². The highest BCUT2D eigenvalue weighted by Gasteiger charge is 2.80. The Morgan fingerprint density at radius 2 is 1.80 bits per heavy atom. The zero-order valence-electron chi connectivity index (χ0n) is 12.6. The van der Waals surface area contributed by atoms with Crippen molar-refractivity contribution in [2.24, 2.45) is 16.2 Å². The summed E-state index contributed by atoms with van der Waals surface area (Å²) < 4.78 is 0. The van der Waals surface area contributed by atoms with E-state index in [1.54, 1.807) is 0 Å². The fourth-order valence-electron chi connectivity index (χ4n) is 4.34. The molecule has 108 valence electrons. The average Bonchev–Trinajstić information content (AvgIpc) is 2.80. The normalized spacial score (nSPS) is 37.4. The zero-order chi connectivity index (χ0) is 14.8. The molecule has 2 nitrogen and oxygen atoms in total. The Morgan fingerprint density at radius 1 is 1.20 bits per heavy atom. The van der Waals surface area contributed by atoms with Gasteiger partial charge in [0.25, 0.3) is 0 Å². The summed E-state index contributed by atoms with van der Waals surface area (Å²) in [5, 5.41) is 3.12. The van der Waals surface area contributed by atoms with Crippen LogP contribution in [0.3, 0.4) is 0 Å². The van der Waals surface area contributed by atoms with E-state index in [-0.39, 0.29) is 27.0 Å². The fourth-order valence-corrected chi connectivity index (χ4v) is 6.15. The number of alkyl halides is 1. The standard InChI is InChI=1S/C17H22BrNO/c1-11-5-7-12(8-6-11)19-14(20)17-10-9-16(4,13(17)18)15(17,2)3/h5-8,13H,9-10H2,1-4H3,(H,19,20). The Kier molecular flexibility index (Phi) is 2.89. The summed E-state index contributed by atoms with van der Waals surface area (Å²) in [7, 11) is 0. The average molecular weight is 336 g/mol. The molecule has 1 aromatic carbocycles. The number of rotatable bonds is 2. The number of anilines is 1. The number of hydrogen-bond donors (Lipinski definition) is 1. The number of benzene rings is 1. The summed E-state index contributed by atoms with van der Waals surface area (Å²) in [6.45, 7) is 8.84. The van der Waals surface area contributed by atoms with Crippen LogP contribution < -0.4 is 5.32 Å². The maximum Gasteiger partial charge on any atom is 0.232 e. The number of carbonyl (C=O) groups is 1. The predicted molar refractivity (Wildman–Crippen MR) is 86.1 cm³/mol. The van der Waals surface area contributed by atoms with E-state index in [9.17, 15) is 4.79 Å². The molecule has 0 heterocycles. The third kappa shape index (κ3) is 1.42. The van der Waals surface area contributed by atoms with Gasteiger partial charge in [0.15, 0.2) is 0 Å². The second-order valence-electron chi connectivity index (χ2n) is 7.20. The number of halogens is 1. The van der Waals surface area contributed by atoms with Crippen LogP contribution in [0.5, 0.6) is 0 Å². The van der Waals surface area contributed by atoms with Crippen molar-refractivity contribution >= 4 is 27.5 Å². The molecule has 0 aliphatic heterocycles. The molecule has 4 rings (SSSR count). The highest BCUT2D eigenvalue weighted by atomic mass is 79.9. The van der Waals surface area contributed by atoms with Gasteiger partial charge in [-0.1, -0.05) is 54.4 Å². The largest absolute Gasteiger partial charge is 0.326 e. The first-order chi connectivity index (χ1) is 9.25. The van der Waals surface area contributed by atoms with Gasteiger partial charge in [-0.25, -0.2) is 0 Å². The molecule has 3 aliphatic rings. The first-order valence-electron chi connectivity index (χ1n) is 7.28. The van der Waals surface area contributed by atoms with Gasteiger partial charge >= 0.3 is 0 Å². The molecule has 3 aliphatic carbocycles. The van der Waals surface area contributed by atoms with Crippen molar-refractivity contribution in [2.45, 2.75) is 45.4 Å². The van der Waals surface area contributed by atoms with E-state index in [0.29, 0.717) is 0 Å². The summed E-state index contributed by atoms with van der Waals surface area (Å²) in [5.74, 6) is 0.170. The van der Waals surface area contributed by atoms with Crippen LogP contribution in [0.25, 0.3) is 0 Å². The summed E-state index contributed by atoms with van der Waals surface area (Å²) in [4.78, 5) is 13.2. The van der Waals surface area contributed by atoms with Crippen LogP contribution in [-0.4, -0.2) is 10.7 Å². The molecular formula is C17H22BrNO. The maximum absolute atomic E-state index is 12.9. The van der Waals surface area contributed by atoms with Crippen molar-refractivity contribution in [1.29, 1.82) is 0 Å². The van der Waals surface area contributed by atoms with Gasteiger partial charge in [0.1, 0.15) is 0 Å². The lowest BCUT2D eigenvalue weighted by atomic mass is 9.43. The van der Waals surface area contributed by atoms with Gasteiger partial charge in [-0.15, -0.1) is 0 Å². The molecule has 3 fully saturated rings. The Labute approximate surface area is 129 Å². The fraction of sp³-hybridized carbons (Fsp3) is 0.588. The topological polar surface area (TPSA) is 29.1 Å². The molecule has 0 aromatic heterocycles. The van der Waals surface area contributed by atoms with E-state index >= 15 is 0 Å². The molecule has 20 heavy (non-hydrogen) atoms. The maximum atomic E-state index is 12.9. The lowest BCUT2D eigenvalue weighted by Gasteiger charge is -2.64. The molecule has 0 spiro atoms. The number of amides is 1. The van der Waals surface area contributed by atoms with Gasteiger partial charge in [0.2, 0.25) is 5.91 Å². The molecule has 0 saturated heterocycles. The van der Waals surface area contributed by atoms with Crippen molar-refractivity contribution in [3.63, 3.8) is 0 Å². The number of carbonyl (C=O) groups excluding carboxylic acids is 1. The SMILES string of the molecule is Cc1ccc(NC(=O)C23CCC(C)(C2Br)C3(C)C)cc1. The Balaban J connectivity index is 1.86. The van der Waals surface area contributed by atoms with E-state index in [1.807, 2.05) is 24.3 Å². The Morgan fingerprint density at radius 3 is 2.25 bits per heavy atom. The van der Waals surface area contributed by atoms with E-state index in [0.717, 1.165) is 18.5 Å². The molecule has 3 heteroatoms. The van der Waals surface area contributed by atoms with E-state index in [4.69, 9.17) is 0 Å². The van der Waals surface area contributed by atoms with Crippen molar-refractivity contribution < 1.29 is 4.79 Å². The highest BCUT2D eigenvalue weighted by Crippen LogP contribution is 2.79. The van der Waals surface area contributed by atoms with Crippen LogP contribution in [-0.2, 0) is 4.79 Å². The van der Waals surface area contributed by atoms with Crippen molar-refractivity contribution in [1.82, 2.24) is 0 Å². The van der Waals surface area contributed by atoms with Crippen LogP contribution in [0, 0.1) is 23.2 Å². The van der Waals surface area contributed by atoms with E-state index in [1.165, 1.54) is 5.56 Å². The first kappa shape index (κ1) is 14.1. The molecule has 3 saturated carbocycles. The lowest BCUT2D eigenvalue weighted by molar-refractivity contribution is -0.155. The highest BCUT2D eigenvalue weighted by molar-refractivity contribution is 9.09. The molecule has 1 amide bonds. The lowest BCUT2D eigenvalue weighted by Crippen LogP contribution is -2.68. The van der Waals surface area contributed by atoms with Gasteiger partial charge in [0.05, 0.1) is 5.41 Å². The van der Waals surface area contributed by atoms with Crippen LogP contribution in [0.2, 0.25) is 0 Å². The van der Waals surface area contributed by atoms with Gasteiger partial charge in [-0.2, -0.15) is 0 Å². The zero-order valence-corrected chi connectivity index (χ0v) is 14.2. The van der Waals surface area contributed by atoms with Crippen molar-refractivity contribution in [3.05, 3.63) is 29.8 Å². The van der Waals surface area contributed by atoms with Crippen molar-refractivity contribution in [2.75, 3.05) is 5.32 Å². The minimum atomic E-state index is -0.271. The number of hydrogen-bond acceptors (Lipinski definition) is 1. The van der Waals surface area contributed by atoms with Crippen LogP contribution in [0.1, 0.15) is 39.2 Å². The number of fused-ring (bicyclic) bond motifs is 1. The van der Waals surface area contributed by atoms with E-state index < -0.39 is 0 Å². The van der Waals surface area contributed by atoms with Crippen LogP contribution in [0.4, 0.5) is 5.69 Å². The minimum absolute atomic E-state index is 0.0446.